The predicted octanol–water partition coefficient (Wildman–Crippen LogP) is -0.339. The van der Waals surface area contributed by atoms with Crippen molar-refractivity contribution in [2.45, 2.75) is 6.92 Å². The highest BCUT2D eigenvalue weighted by Crippen LogP contribution is 1.80. The molecular formula is C2H10B2F3N. The fourth-order valence-corrected chi connectivity index (χ4v) is 0. The van der Waals surface area contributed by atoms with E-state index in [0.29, 0.717) is 0 Å². The van der Waals surface area contributed by atoms with Crippen molar-refractivity contribution >= 4 is 16.0 Å². The molecule has 0 bridgehead atoms. The molecule has 8 heavy (non-hydrogen) atoms. The number of hydrogen-bond donors (Lipinski definition) is 1. The van der Waals surface area contributed by atoms with Crippen LogP contribution in [-0.4, -0.2) is 22.5 Å². The molecule has 0 aliphatic carbocycles. The molecule has 0 aromatic rings. The van der Waals surface area contributed by atoms with Gasteiger partial charge in [-0.15, -0.1) is 0 Å². The summed E-state index contributed by atoms with van der Waals surface area (Å²) >= 11 is 0. The average Bonchev–Trinajstić information content (AvgIpc) is 1.33. The van der Waals surface area contributed by atoms with E-state index in [-0.39, 0.29) is 8.41 Å². The molecule has 0 saturated carbocycles. The van der Waals surface area contributed by atoms with E-state index in [1.54, 1.807) is 0 Å². The van der Waals surface area contributed by atoms with E-state index in [9.17, 15) is 12.9 Å². The molecule has 0 amide bonds. The Kier molecular flexibility index (Phi) is 30.9. The Labute approximate surface area is 49.2 Å². The zero-order chi connectivity index (χ0) is 6.28. The molecule has 0 spiro atoms. The molecule has 0 aliphatic heterocycles. The molecule has 0 saturated heterocycles. The Morgan fingerprint density at radius 3 is 1.38 bits per heavy atom. The van der Waals surface area contributed by atoms with Crippen molar-refractivity contribution in [3.05, 3.63) is 0 Å². The lowest BCUT2D eigenvalue weighted by Gasteiger charge is -1.55. The quantitative estimate of drug-likeness (QED) is 0.442. The van der Waals surface area contributed by atoms with E-state index < -0.39 is 7.54 Å². The molecule has 6 heteroatoms. The molecule has 0 aliphatic rings. The smallest absolute Gasteiger partial charge is 0.331 e. The van der Waals surface area contributed by atoms with Gasteiger partial charge >= 0.3 is 7.54 Å². The number of halogens is 3. The monoisotopic (exact) mass is 127 g/mol. The summed E-state index contributed by atoms with van der Waals surface area (Å²) in [5.74, 6) is 0. The molecule has 0 aromatic carbocycles. The lowest BCUT2D eigenvalue weighted by Crippen LogP contribution is -1.87. The molecule has 1 nitrogen and oxygen atoms in total. The van der Waals surface area contributed by atoms with Gasteiger partial charge in [-0.05, 0) is 6.54 Å². The van der Waals surface area contributed by atoms with Crippen LogP contribution in [0.2, 0.25) is 0 Å². The van der Waals surface area contributed by atoms with E-state index in [4.69, 9.17) is 5.73 Å². The van der Waals surface area contributed by atoms with E-state index in [0.717, 1.165) is 6.54 Å². The summed E-state index contributed by atoms with van der Waals surface area (Å²) in [4.78, 5) is 0. The van der Waals surface area contributed by atoms with Crippen LogP contribution in [0.25, 0.3) is 0 Å². The fourth-order valence-electron chi connectivity index (χ4n) is 0. The lowest BCUT2D eigenvalue weighted by molar-refractivity contribution is 0.535. The van der Waals surface area contributed by atoms with Crippen molar-refractivity contribution in [3.63, 3.8) is 0 Å². The highest BCUT2D eigenvalue weighted by molar-refractivity contribution is 6.33. The number of rotatable bonds is 0. The van der Waals surface area contributed by atoms with Crippen molar-refractivity contribution in [2.24, 2.45) is 5.73 Å². The van der Waals surface area contributed by atoms with Gasteiger partial charge in [0.05, 0.1) is 8.41 Å². The lowest BCUT2D eigenvalue weighted by atomic mass is 10.5. The van der Waals surface area contributed by atoms with Crippen molar-refractivity contribution in [1.29, 1.82) is 0 Å². The summed E-state index contributed by atoms with van der Waals surface area (Å²) in [6, 6.07) is 0. The molecular weight excluding hydrogens is 117 g/mol. The topological polar surface area (TPSA) is 26.0 Å². The Bertz CT molecular complexity index is 26.5. The van der Waals surface area contributed by atoms with E-state index in [1.807, 2.05) is 6.92 Å². The number of nitrogens with two attached hydrogens (primary N) is 1. The third-order valence-corrected chi connectivity index (χ3v) is 0. The summed E-state index contributed by atoms with van der Waals surface area (Å²) in [6.07, 6.45) is 0. The molecule has 50 valence electrons. The van der Waals surface area contributed by atoms with Crippen molar-refractivity contribution < 1.29 is 12.9 Å². The van der Waals surface area contributed by atoms with Crippen molar-refractivity contribution in [3.8, 4) is 0 Å². The standard InChI is InChI=1S/C2H7N.BF3.BH3/c1-2-3;2-1(3)4;/h2-3H2,1H3;;1H3. The zero-order valence-electron chi connectivity index (χ0n) is 4.00. The summed E-state index contributed by atoms with van der Waals surface area (Å²) in [7, 11) is -3.67. The molecule has 0 aromatic heterocycles. The van der Waals surface area contributed by atoms with Gasteiger partial charge in [-0.25, -0.2) is 0 Å². The highest BCUT2D eigenvalue weighted by atomic mass is 19.4. The summed E-state index contributed by atoms with van der Waals surface area (Å²) in [5, 5.41) is 0. The minimum Gasteiger partial charge on any atom is -0.331 e. The minimum absolute atomic E-state index is 0. The van der Waals surface area contributed by atoms with Gasteiger partial charge in [0.25, 0.3) is 0 Å². The molecule has 0 radical (unpaired) electrons. The Balaban J connectivity index is -0.0000000575. The van der Waals surface area contributed by atoms with Gasteiger partial charge in [0.15, 0.2) is 0 Å². The summed E-state index contributed by atoms with van der Waals surface area (Å²) < 4.78 is 29.0. The van der Waals surface area contributed by atoms with Crippen LogP contribution >= 0.6 is 0 Å². The number of hydrogen-bond acceptors (Lipinski definition) is 1. The second-order valence-corrected chi connectivity index (χ2v) is 0.656. The average molecular weight is 127 g/mol. The van der Waals surface area contributed by atoms with E-state index >= 15 is 0 Å². The van der Waals surface area contributed by atoms with Crippen LogP contribution in [0.4, 0.5) is 12.9 Å². The van der Waals surface area contributed by atoms with Crippen molar-refractivity contribution in [2.75, 3.05) is 6.54 Å². The predicted molar refractivity (Wildman–Crippen MR) is 33.7 cm³/mol. The first-order valence-corrected chi connectivity index (χ1v) is 1.77. The zero-order valence-corrected chi connectivity index (χ0v) is 4.00. The Hall–Kier alpha value is -0.120. The van der Waals surface area contributed by atoms with Crippen molar-refractivity contribution in [1.82, 2.24) is 0 Å². The van der Waals surface area contributed by atoms with Gasteiger partial charge < -0.3 is 5.73 Å². The third kappa shape index (κ3) is 9700. The third-order valence-electron chi connectivity index (χ3n) is 0. The van der Waals surface area contributed by atoms with E-state index in [1.165, 1.54) is 0 Å². The van der Waals surface area contributed by atoms with Gasteiger partial charge in [-0.2, -0.15) is 0 Å². The van der Waals surface area contributed by atoms with Gasteiger partial charge in [0.2, 0.25) is 0 Å². The van der Waals surface area contributed by atoms with Crippen LogP contribution in [0, 0.1) is 0 Å². The van der Waals surface area contributed by atoms with Gasteiger partial charge in [0.1, 0.15) is 0 Å². The first-order valence-electron chi connectivity index (χ1n) is 1.77. The molecule has 0 heterocycles. The second-order valence-electron chi connectivity index (χ2n) is 0.656. The highest BCUT2D eigenvalue weighted by Gasteiger charge is 2.06. The fraction of sp³-hybridized carbons (Fsp3) is 1.00. The molecule has 0 unspecified atom stereocenters. The first-order chi connectivity index (χ1) is 3.15. The van der Waals surface area contributed by atoms with Crippen LogP contribution in [0.5, 0.6) is 0 Å². The summed E-state index contributed by atoms with van der Waals surface area (Å²) in [6.45, 7) is 2.65. The SMILES string of the molecule is B.CCN.FB(F)F. The van der Waals surface area contributed by atoms with Crippen LogP contribution in [0.15, 0.2) is 0 Å². The molecule has 0 atom stereocenters. The maximum Gasteiger partial charge on any atom is 0.762 e. The normalized spacial score (nSPS) is 5.62. The Morgan fingerprint density at radius 2 is 1.38 bits per heavy atom. The Morgan fingerprint density at radius 1 is 1.38 bits per heavy atom. The molecule has 2 N–H and O–H groups in total. The first kappa shape index (κ1) is 15.7. The maximum absolute atomic E-state index is 9.67. The summed E-state index contributed by atoms with van der Waals surface area (Å²) in [5.41, 5.74) is 4.85. The van der Waals surface area contributed by atoms with Gasteiger partial charge in [0, 0.05) is 0 Å². The van der Waals surface area contributed by atoms with Gasteiger partial charge in [-0.1, -0.05) is 6.92 Å². The second kappa shape index (κ2) is 15.8. The largest absolute Gasteiger partial charge is 0.762 e. The maximum atomic E-state index is 9.67. The molecule has 0 fully saturated rings. The molecule has 0 rings (SSSR count). The minimum atomic E-state index is -3.67. The van der Waals surface area contributed by atoms with Gasteiger partial charge in [-0.3, -0.25) is 12.9 Å². The van der Waals surface area contributed by atoms with Crippen LogP contribution < -0.4 is 5.73 Å². The van der Waals surface area contributed by atoms with E-state index in [2.05, 4.69) is 0 Å². The van der Waals surface area contributed by atoms with Crippen LogP contribution in [0.3, 0.4) is 0 Å². The van der Waals surface area contributed by atoms with Crippen LogP contribution in [0.1, 0.15) is 6.92 Å². The van der Waals surface area contributed by atoms with Crippen LogP contribution in [-0.2, 0) is 0 Å².